The lowest BCUT2D eigenvalue weighted by molar-refractivity contribution is -0.139. The quantitative estimate of drug-likeness (QED) is 0.454. The zero-order chi connectivity index (χ0) is 15.9. The molecule has 1 atom stereocenters. The Balaban J connectivity index is 3.50. The van der Waals surface area contributed by atoms with E-state index in [-0.39, 0.29) is 6.03 Å². The first-order valence-corrected chi connectivity index (χ1v) is 8.39. The van der Waals surface area contributed by atoms with E-state index in [1.165, 1.54) is 38.5 Å². The van der Waals surface area contributed by atoms with Gasteiger partial charge in [-0.2, -0.15) is 0 Å². The molecule has 0 fully saturated rings. The van der Waals surface area contributed by atoms with Gasteiger partial charge in [0.25, 0.3) is 0 Å². The van der Waals surface area contributed by atoms with Crippen molar-refractivity contribution in [1.82, 2.24) is 10.6 Å². The van der Waals surface area contributed by atoms with E-state index in [9.17, 15) is 9.59 Å². The fourth-order valence-electron chi connectivity index (χ4n) is 2.22. The van der Waals surface area contributed by atoms with Crippen molar-refractivity contribution in [2.45, 2.75) is 84.1 Å². The number of carbonyl (C=O) groups excluding carboxylic acids is 1. The highest BCUT2D eigenvalue weighted by Crippen LogP contribution is 2.07. The zero-order valence-corrected chi connectivity index (χ0v) is 13.6. The highest BCUT2D eigenvalue weighted by molar-refractivity contribution is 5.82. The number of hydrogen-bond acceptors (Lipinski definition) is 2. The lowest BCUT2D eigenvalue weighted by Gasteiger charge is -2.14. The second-order valence-electron chi connectivity index (χ2n) is 5.55. The smallest absolute Gasteiger partial charge is 0.326 e. The SMILES string of the molecule is CCCCCCCCCCNC(=O)N[C@H](CCC)C(=O)O. The average Bonchev–Trinajstić information content (AvgIpc) is 2.45. The van der Waals surface area contributed by atoms with Crippen molar-refractivity contribution in [3.8, 4) is 0 Å². The maximum Gasteiger partial charge on any atom is 0.326 e. The second-order valence-corrected chi connectivity index (χ2v) is 5.55. The molecule has 0 spiro atoms. The number of aliphatic carboxylic acids is 1. The van der Waals surface area contributed by atoms with Crippen molar-refractivity contribution in [1.29, 1.82) is 0 Å². The summed E-state index contributed by atoms with van der Waals surface area (Å²) >= 11 is 0. The predicted molar refractivity (Wildman–Crippen MR) is 85.5 cm³/mol. The number of carbonyl (C=O) groups is 2. The predicted octanol–water partition coefficient (Wildman–Crippen LogP) is 3.68. The van der Waals surface area contributed by atoms with E-state index in [4.69, 9.17) is 5.11 Å². The monoisotopic (exact) mass is 300 g/mol. The summed E-state index contributed by atoms with van der Waals surface area (Å²) in [6, 6.07) is -1.16. The van der Waals surface area contributed by atoms with Gasteiger partial charge in [0.05, 0.1) is 0 Å². The van der Waals surface area contributed by atoms with Gasteiger partial charge in [0, 0.05) is 6.54 Å². The summed E-state index contributed by atoms with van der Waals surface area (Å²) in [5, 5.41) is 14.2. The first-order valence-electron chi connectivity index (χ1n) is 8.39. The number of carboxylic acid groups (broad SMARTS) is 1. The third-order valence-corrected chi connectivity index (χ3v) is 3.50. The molecule has 0 bridgehead atoms. The highest BCUT2D eigenvalue weighted by Gasteiger charge is 2.18. The fraction of sp³-hybridized carbons (Fsp3) is 0.875. The van der Waals surface area contributed by atoms with E-state index in [1.807, 2.05) is 6.92 Å². The van der Waals surface area contributed by atoms with Crippen molar-refractivity contribution < 1.29 is 14.7 Å². The van der Waals surface area contributed by atoms with Crippen LogP contribution in [0.1, 0.15) is 78.1 Å². The Hall–Kier alpha value is -1.26. The molecule has 0 heterocycles. The van der Waals surface area contributed by atoms with Crippen LogP contribution in [0.5, 0.6) is 0 Å². The molecule has 0 aromatic carbocycles. The van der Waals surface area contributed by atoms with Gasteiger partial charge in [-0.15, -0.1) is 0 Å². The Morgan fingerprint density at radius 1 is 0.905 bits per heavy atom. The molecule has 0 aliphatic rings. The fourth-order valence-corrected chi connectivity index (χ4v) is 2.22. The summed E-state index contributed by atoms with van der Waals surface area (Å²) in [6.07, 6.45) is 11.0. The van der Waals surface area contributed by atoms with E-state index in [1.54, 1.807) is 0 Å². The summed E-state index contributed by atoms with van der Waals surface area (Å²) in [5.41, 5.74) is 0. The summed E-state index contributed by atoms with van der Waals surface area (Å²) in [4.78, 5) is 22.5. The highest BCUT2D eigenvalue weighted by atomic mass is 16.4. The van der Waals surface area contributed by atoms with E-state index in [2.05, 4.69) is 17.6 Å². The van der Waals surface area contributed by atoms with Gasteiger partial charge in [-0.1, -0.05) is 65.2 Å². The Bertz CT molecular complexity index is 283. The van der Waals surface area contributed by atoms with Crippen LogP contribution >= 0.6 is 0 Å². The van der Waals surface area contributed by atoms with Crippen molar-refractivity contribution in [2.75, 3.05) is 6.54 Å². The van der Waals surface area contributed by atoms with Crippen molar-refractivity contribution in [3.05, 3.63) is 0 Å². The molecule has 5 heteroatoms. The van der Waals surface area contributed by atoms with E-state index >= 15 is 0 Å². The first kappa shape index (κ1) is 19.7. The van der Waals surface area contributed by atoms with Gasteiger partial charge in [0.2, 0.25) is 0 Å². The maximum absolute atomic E-state index is 11.6. The molecule has 5 nitrogen and oxygen atoms in total. The van der Waals surface area contributed by atoms with Crippen LogP contribution in [0.15, 0.2) is 0 Å². The van der Waals surface area contributed by atoms with Gasteiger partial charge in [-0.05, 0) is 12.8 Å². The molecule has 3 N–H and O–H groups in total. The van der Waals surface area contributed by atoms with Crippen LogP contribution in [-0.2, 0) is 4.79 Å². The van der Waals surface area contributed by atoms with Crippen LogP contribution in [0.4, 0.5) is 4.79 Å². The zero-order valence-electron chi connectivity index (χ0n) is 13.6. The van der Waals surface area contributed by atoms with Gasteiger partial charge >= 0.3 is 12.0 Å². The molecule has 0 radical (unpaired) electrons. The molecule has 0 aromatic heterocycles. The number of rotatable bonds is 13. The molecular formula is C16H32N2O3. The molecule has 0 rings (SSSR count). The summed E-state index contributed by atoms with van der Waals surface area (Å²) in [5.74, 6) is -0.973. The third-order valence-electron chi connectivity index (χ3n) is 3.50. The molecule has 0 aliphatic carbocycles. The topological polar surface area (TPSA) is 78.4 Å². The minimum atomic E-state index is -0.973. The summed E-state index contributed by atoms with van der Waals surface area (Å²) in [7, 11) is 0. The number of urea groups is 1. The van der Waals surface area contributed by atoms with Crippen LogP contribution in [0, 0.1) is 0 Å². The van der Waals surface area contributed by atoms with E-state index in [0.29, 0.717) is 13.0 Å². The van der Waals surface area contributed by atoms with Crippen LogP contribution in [0.25, 0.3) is 0 Å². The first-order chi connectivity index (χ1) is 10.1. The lowest BCUT2D eigenvalue weighted by Crippen LogP contribution is -2.46. The molecule has 0 aromatic rings. The second kappa shape index (κ2) is 13.7. The van der Waals surface area contributed by atoms with Crippen molar-refractivity contribution in [2.24, 2.45) is 0 Å². The van der Waals surface area contributed by atoms with Crippen LogP contribution in [0.2, 0.25) is 0 Å². The van der Waals surface area contributed by atoms with Gasteiger partial charge in [0.15, 0.2) is 0 Å². The summed E-state index contributed by atoms with van der Waals surface area (Å²) in [6.45, 7) is 4.72. The molecule has 124 valence electrons. The van der Waals surface area contributed by atoms with Gasteiger partial charge in [0.1, 0.15) is 6.04 Å². The lowest BCUT2D eigenvalue weighted by atomic mass is 10.1. The Morgan fingerprint density at radius 2 is 1.48 bits per heavy atom. The Morgan fingerprint density at radius 3 is 2.00 bits per heavy atom. The third kappa shape index (κ3) is 12.2. The standard InChI is InChI=1S/C16H32N2O3/c1-3-5-6-7-8-9-10-11-13-17-16(21)18-14(12-4-2)15(19)20/h14H,3-13H2,1-2H3,(H,19,20)(H2,17,18,21)/t14-/m1/s1. The van der Waals surface area contributed by atoms with Crippen molar-refractivity contribution >= 4 is 12.0 Å². The molecule has 0 aliphatic heterocycles. The van der Waals surface area contributed by atoms with Gasteiger partial charge < -0.3 is 15.7 Å². The number of nitrogens with one attached hydrogen (secondary N) is 2. The largest absolute Gasteiger partial charge is 0.480 e. The Labute approximate surface area is 128 Å². The molecule has 0 saturated heterocycles. The minimum Gasteiger partial charge on any atom is -0.480 e. The maximum atomic E-state index is 11.6. The molecule has 0 unspecified atom stereocenters. The summed E-state index contributed by atoms with van der Waals surface area (Å²) < 4.78 is 0. The minimum absolute atomic E-state index is 0.376. The van der Waals surface area contributed by atoms with Gasteiger partial charge in [-0.3, -0.25) is 0 Å². The van der Waals surface area contributed by atoms with Crippen LogP contribution in [-0.4, -0.2) is 29.7 Å². The van der Waals surface area contributed by atoms with Gasteiger partial charge in [-0.25, -0.2) is 9.59 Å². The molecular weight excluding hydrogens is 268 g/mol. The van der Waals surface area contributed by atoms with Crippen LogP contribution in [0.3, 0.4) is 0 Å². The number of amides is 2. The normalized spacial score (nSPS) is 11.9. The molecule has 2 amide bonds. The average molecular weight is 300 g/mol. The number of unbranched alkanes of at least 4 members (excludes halogenated alkanes) is 7. The van der Waals surface area contributed by atoms with Crippen LogP contribution < -0.4 is 10.6 Å². The van der Waals surface area contributed by atoms with E-state index < -0.39 is 12.0 Å². The molecule has 21 heavy (non-hydrogen) atoms. The Kier molecular flexibility index (Phi) is 12.9. The van der Waals surface area contributed by atoms with E-state index in [0.717, 1.165) is 19.3 Å². The number of hydrogen-bond donors (Lipinski definition) is 3. The van der Waals surface area contributed by atoms with Crippen molar-refractivity contribution in [3.63, 3.8) is 0 Å². The number of carboxylic acids is 1. The molecule has 0 saturated carbocycles.